The molecular formula is C14H18BrNO5. The average molecular weight is 360 g/mol. The summed E-state index contributed by atoms with van der Waals surface area (Å²) in [5.74, 6) is -0.845. The topological polar surface area (TPSA) is 84.9 Å². The van der Waals surface area contributed by atoms with Crippen LogP contribution in [0, 0.1) is 0 Å². The number of amides is 1. The van der Waals surface area contributed by atoms with Gasteiger partial charge in [-0.05, 0) is 48.8 Å². The van der Waals surface area contributed by atoms with Gasteiger partial charge in [-0.25, -0.2) is 9.59 Å². The molecule has 7 heteroatoms. The van der Waals surface area contributed by atoms with Crippen LogP contribution in [0.2, 0.25) is 0 Å². The first kappa shape index (κ1) is 17.3. The van der Waals surface area contributed by atoms with Crippen LogP contribution >= 0.6 is 15.9 Å². The Kier molecular flexibility index (Phi) is 6.02. The molecule has 0 saturated heterocycles. The highest BCUT2D eigenvalue weighted by atomic mass is 79.9. The van der Waals surface area contributed by atoms with Crippen molar-refractivity contribution in [2.45, 2.75) is 26.4 Å². The quantitative estimate of drug-likeness (QED) is 0.789. The third-order valence-corrected chi connectivity index (χ3v) is 2.84. The first-order valence-electron chi connectivity index (χ1n) is 6.32. The van der Waals surface area contributed by atoms with E-state index in [0.717, 1.165) is 0 Å². The zero-order valence-electron chi connectivity index (χ0n) is 12.1. The van der Waals surface area contributed by atoms with Gasteiger partial charge < -0.3 is 19.9 Å². The van der Waals surface area contributed by atoms with Crippen LogP contribution in [0.5, 0.6) is 5.75 Å². The second-order valence-corrected chi connectivity index (χ2v) is 6.05. The van der Waals surface area contributed by atoms with Gasteiger partial charge in [0.1, 0.15) is 23.5 Å². The van der Waals surface area contributed by atoms with Crippen molar-refractivity contribution in [3.05, 3.63) is 28.2 Å². The van der Waals surface area contributed by atoms with E-state index in [1.165, 1.54) is 6.07 Å². The maximum atomic E-state index is 11.4. The van der Waals surface area contributed by atoms with Crippen LogP contribution in [0.4, 0.5) is 4.79 Å². The van der Waals surface area contributed by atoms with Crippen LogP contribution in [0.25, 0.3) is 0 Å². The number of hydrogen-bond acceptors (Lipinski definition) is 4. The van der Waals surface area contributed by atoms with Gasteiger partial charge in [0.15, 0.2) is 0 Å². The molecule has 0 fully saturated rings. The van der Waals surface area contributed by atoms with Crippen molar-refractivity contribution in [2.24, 2.45) is 0 Å². The van der Waals surface area contributed by atoms with Gasteiger partial charge in [-0.15, -0.1) is 0 Å². The third-order valence-electron chi connectivity index (χ3n) is 2.21. The van der Waals surface area contributed by atoms with E-state index in [1.807, 2.05) is 0 Å². The van der Waals surface area contributed by atoms with Gasteiger partial charge in [-0.3, -0.25) is 0 Å². The van der Waals surface area contributed by atoms with Crippen molar-refractivity contribution >= 4 is 28.0 Å². The van der Waals surface area contributed by atoms with Gasteiger partial charge in [0.25, 0.3) is 0 Å². The lowest BCUT2D eigenvalue weighted by molar-refractivity contribution is 0.0518. The number of halogens is 1. The number of carbonyl (C=O) groups excluding carboxylic acids is 1. The fraction of sp³-hybridized carbons (Fsp3) is 0.429. The van der Waals surface area contributed by atoms with Crippen LogP contribution in [-0.2, 0) is 4.74 Å². The number of carboxylic acids is 1. The minimum Gasteiger partial charge on any atom is -0.490 e. The van der Waals surface area contributed by atoms with Crippen LogP contribution in [0.3, 0.4) is 0 Å². The number of carbonyl (C=O) groups is 2. The highest BCUT2D eigenvalue weighted by Gasteiger charge is 2.16. The molecule has 6 nitrogen and oxygen atoms in total. The number of para-hydroxylation sites is 1. The molecule has 0 aliphatic rings. The highest BCUT2D eigenvalue weighted by Crippen LogP contribution is 2.28. The molecule has 21 heavy (non-hydrogen) atoms. The average Bonchev–Trinajstić information content (AvgIpc) is 2.33. The van der Waals surface area contributed by atoms with Crippen molar-refractivity contribution in [3.63, 3.8) is 0 Å². The number of ether oxygens (including phenoxy) is 2. The highest BCUT2D eigenvalue weighted by molar-refractivity contribution is 9.10. The molecule has 0 atom stereocenters. The fourth-order valence-electron chi connectivity index (χ4n) is 1.44. The summed E-state index contributed by atoms with van der Waals surface area (Å²) in [7, 11) is 0. The Morgan fingerprint density at radius 3 is 2.57 bits per heavy atom. The van der Waals surface area contributed by atoms with Gasteiger partial charge >= 0.3 is 12.1 Å². The molecule has 0 radical (unpaired) electrons. The van der Waals surface area contributed by atoms with E-state index in [1.54, 1.807) is 32.9 Å². The van der Waals surface area contributed by atoms with Crippen molar-refractivity contribution in [1.29, 1.82) is 0 Å². The summed E-state index contributed by atoms with van der Waals surface area (Å²) in [6.07, 6.45) is -0.545. The van der Waals surface area contributed by atoms with Crippen LogP contribution < -0.4 is 10.1 Å². The summed E-state index contributed by atoms with van der Waals surface area (Å²) in [6, 6.07) is 4.74. The second-order valence-electron chi connectivity index (χ2n) is 5.20. The molecule has 0 heterocycles. The van der Waals surface area contributed by atoms with E-state index in [2.05, 4.69) is 21.2 Å². The van der Waals surface area contributed by atoms with Gasteiger partial charge in [0.2, 0.25) is 0 Å². The Balaban J connectivity index is 2.50. The normalized spacial score (nSPS) is 10.9. The van der Waals surface area contributed by atoms with Crippen molar-refractivity contribution in [2.75, 3.05) is 13.2 Å². The largest absolute Gasteiger partial charge is 0.490 e. The number of nitrogens with one attached hydrogen (secondary N) is 1. The molecule has 1 amide bonds. The molecule has 0 saturated carbocycles. The van der Waals surface area contributed by atoms with Gasteiger partial charge in [-0.2, -0.15) is 0 Å². The summed E-state index contributed by atoms with van der Waals surface area (Å²) in [5, 5.41) is 11.6. The summed E-state index contributed by atoms with van der Waals surface area (Å²) < 4.78 is 11.0. The molecule has 1 aromatic carbocycles. The molecule has 116 valence electrons. The first-order valence-corrected chi connectivity index (χ1v) is 7.11. The van der Waals surface area contributed by atoms with Gasteiger partial charge in [-0.1, -0.05) is 6.07 Å². The van der Waals surface area contributed by atoms with Crippen LogP contribution in [0.15, 0.2) is 22.7 Å². The zero-order chi connectivity index (χ0) is 16.0. The smallest absolute Gasteiger partial charge is 0.407 e. The zero-order valence-corrected chi connectivity index (χ0v) is 13.7. The molecule has 0 aliphatic carbocycles. The predicted octanol–water partition coefficient (Wildman–Crippen LogP) is 3.05. The maximum Gasteiger partial charge on any atom is 0.407 e. The van der Waals surface area contributed by atoms with E-state index in [0.29, 0.717) is 4.47 Å². The van der Waals surface area contributed by atoms with E-state index in [4.69, 9.17) is 14.6 Å². The van der Waals surface area contributed by atoms with Crippen molar-refractivity contribution in [3.8, 4) is 5.75 Å². The van der Waals surface area contributed by atoms with E-state index in [-0.39, 0.29) is 24.5 Å². The Morgan fingerprint density at radius 2 is 2.00 bits per heavy atom. The summed E-state index contributed by atoms with van der Waals surface area (Å²) in [6.45, 7) is 5.63. The lowest BCUT2D eigenvalue weighted by Gasteiger charge is -2.19. The Morgan fingerprint density at radius 1 is 1.33 bits per heavy atom. The number of alkyl carbamates (subject to hydrolysis) is 1. The second kappa shape index (κ2) is 7.31. The van der Waals surface area contributed by atoms with E-state index < -0.39 is 17.7 Å². The van der Waals surface area contributed by atoms with Crippen LogP contribution in [0.1, 0.15) is 31.1 Å². The summed E-state index contributed by atoms with van der Waals surface area (Å²) in [5.41, 5.74) is -0.509. The summed E-state index contributed by atoms with van der Waals surface area (Å²) in [4.78, 5) is 22.5. The number of rotatable bonds is 5. The molecule has 1 rings (SSSR count). The molecular weight excluding hydrogens is 342 g/mol. The monoisotopic (exact) mass is 359 g/mol. The molecule has 1 aromatic rings. The molecule has 0 bridgehead atoms. The van der Waals surface area contributed by atoms with Crippen LogP contribution in [-0.4, -0.2) is 35.9 Å². The Bertz CT molecular complexity index is 525. The fourth-order valence-corrected chi connectivity index (χ4v) is 1.92. The van der Waals surface area contributed by atoms with Crippen molar-refractivity contribution in [1.82, 2.24) is 5.32 Å². The lowest BCUT2D eigenvalue weighted by Crippen LogP contribution is -2.34. The van der Waals surface area contributed by atoms with Gasteiger partial charge in [0.05, 0.1) is 11.0 Å². The third kappa shape index (κ3) is 6.03. The summed E-state index contributed by atoms with van der Waals surface area (Å²) >= 11 is 3.24. The van der Waals surface area contributed by atoms with Gasteiger partial charge in [0, 0.05) is 0 Å². The molecule has 2 N–H and O–H groups in total. The lowest BCUT2D eigenvalue weighted by atomic mass is 10.2. The van der Waals surface area contributed by atoms with E-state index >= 15 is 0 Å². The molecule has 0 unspecified atom stereocenters. The SMILES string of the molecule is CC(C)(C)OC(=O)NCCOc1c(Br)cccc1C(=O)O. The molecule has 0 aromatic heterocycles. The maximum absolute atomic E-state index is 11.4. The number of aromatic carboxylic acids is 1. The predicted molar refractivity (Wildman–Crippen MR) is 80.8 cm³/mol. The minimum atomic E-state index is -1.08. The standard InChI is InChI=1S/C14H18BrNO5/c1-14(2,3)21-13(19)16-7-8-20-11-9(12(17)18)5-4-6-10(11)15/h4-6H,7-8H2,1-3H3,(H,16,19)(H,17,18). The number of hydrogen-bond donors (Lipinski definition) is 2. The number of carboxylic acid groups (broad SMARTS) is 1. The number of benzene rings is 1. The minimum absolute atomic E-state index is 0.0571. The Hall–Kier alpha value is -1.76. The van der Waals surface area contributed by atoms with E-state index in [9.17, 15) is 9.59 Å². The molecule has 0 spiro atoms. The first-order chi connectivity index (χ1) is 9.70. The Labute approximate surface area is 131 Å². The van der Waals surface area contributed by atoms with Crippen molar-refractivity contribution < 1.29 is 24.2 Å². The molecule has 0 aliphatic heterocycles.